The molecule has 4 heterocycles. The highest BCUT2D eigenvalue weighted by Gasteiger charge is 2.29. The number of nitrogens with zero attached hydrogens (tertiary/aromatic N) is 5. The molecule has 1 atom stereocenters. The third-order valence-electron chi connectivity index (χ3n) is 6.70. The maximum Gasteiger partial charge on any atom is 0.229 e. The Kier molecular flexibility index (Phi) is 6.10. The zero-order valence-corrected chi connectivity index (χ0v) is 19.9. The van der Waals surface area contributed by atoms with Gasteiger partial charge in [-0.3, -0.25) is 4.79 Å². The summed E-state index contributed by atoms with van der Waals surface area (Å²) in [7, 11) is 1.58. The van der Waals surface area contributed by atoms with E-state index in [-0.39, 0.29) is 11.8 Å². The predicted octanol–water partition coefficient (Wildman–Crippen LogP) is 4.38. The lowest BCUT2D eigenvalue weighted by Crippen LogP contribution is -2.41. The van der Waals surface area contributed by atoms with Gasteiger partial charge in [-0.15, -0.1) is 0 Å². The van der Waals surface area contributed by atoms with Crippen LogP contribution in [0, 0.1) is 12.8 Å². The second-order valence-electron chi connectivity index (χ2n) is 8.94. The van der Waals surface area contributed by atoms with Gasteiger partial charge < -0.3 is 19.5 Å². The lowest BCUT2D eigenvalue weighted by molar-refractivity contribution is -0.120. The first kappa shape index (κ1) is 21.9. The molecule has 33 heavy (non-hydrogen) atoms. The van der Waals surface area contributed by atoms with E-state index in [4.69, 9.17) is 21.3 Å². The Labute approximate surface area is 198 Å². The van der Waals surface area contributed by atoms with Crippen LogP contribution in [0.5, 0.6) is 5.75 Å². The number of ether oxygens (including phenoxy) is 1. The number of fused-ring (bicyclic) bond motifs is 3. The molecule has 1 amide bonds. The van der Waals surface area contributed by atoms with Crippen LogP contribution < -0.4 is 15.0 Å². The first-order valence-electron chi connectivity index (χ1n) is 11.6. The number of imidazole rings is 1. The van der Waals surface area contributed by atoms with Crippen LogP contribution in [0.25, 0.3) is 11.2 Å². The summed E-state index contributed by atoms with van der Waals surface area (Å²) in [6.07, 6.45) is 7.87. The number of piperidine rings is 1. The molecule has 0 bridgehead atoms. The van der Waals surface area contributed by atoms with Gasteiger partial charge in [0.1, 0.15) is 17.9 Å². The molecule has 2 aliphatic heterocycles. The molecule has 9 heteroatoms. The second-order valence-corrected chi connectivity index (χ2v) is 9.34. The number of rotatable bonds is 4. The molecule has 3 aromatic rings. The van der Waals surface area contributed by atoms with Crippen LogP contribution in [0.2, 0.25) is 5.02 Å². The monoisotopic (exact) mass is 468 g/mol. The molecule has 8 nitrogen and oxygen atoms in total. The number of hydrogen-bond donors (Lipinski definition) is 1. The van der Waals surface area contributed by atoms with E-state index in [0.29, 0.717) is 23.0 Å². The minimum absolute atomic E-state index is 0.0226. The smallest absolute Gasteiger partial charge is 0.229 e. The van der Waals surface area contributed by atoms with Crippen molar-refractivity contribution in [3.05, 3.63) is 34.9 Å². The number of halogens is 1. The first-order valence-corrected chi connectivity index (χ1v) is 12.0. The van der Waals surface area contributed by atoms with E-state index in [1.807, 2.05) is 13.0 Å². The Balaban J connectivity index is 1.38. The van der Waals surface area contributed by atoms with E-state index in [1.54, 1.807) is 19.5 Å². The molecule has 0 radical (unpaired) electrons. The highest BCUT2D eigenvalue weighted by molar-refractivity contribution is 6.31. The fraction of sp³-hybridized carbons (Fsp3) is 0.500. The summed E-state index contributed by atoms with van der Waals surface area (Å²) in [5.41, 5.74) is 3.29. The zero-order chi connectivity index (χ0) is 22.9. The number of amides is 1. The number of aromatic nitrogens is 4. The van der Waals surface area contributed by atoms with Gasteiger partial charge >= 0.3 is 0 Å². The van der Waals surface area contributed by atoms with E-state index < -0.39 is 0 Å². The number of carbonyl (C=O) groups excluding carboxylic acids is 1. The van der Waals surface area contributed by atoms with Gasteiger partial charge in [-0.25, -0.2) is 15.0 Å². The van der Waals surface area contributed by atoms with Crippen molar-refractivity contribution in [1.82, 2.24) is 19.5 Å². The van der Waals surface area contributed by atoms with Crippen LogP contribution in [0.3, 0.4) is 0 Å². The minimum Gasteiger partial charge on any atom is -0.495 e. The topological polar surface area (TPSA) is 85.2 Å². The Hall–Kier alpha value is -2.87. The SMILES string of the molecule is COc1cc(Cl)c(C)cc1NC(=O)C1CCCN(c2ncnc3c2nc2n3CCCCC2)C1. The number of carbonyl (C=O) groups is 1. The molecule has 1 unspecified atom stereocenters. The van der Waals surface area contributed by atoms with Gasteiger partial charge in [0, 0.05) is 37.1 Å². The van der Waals surface area contributed by atoms with Gasteiger partial charge in [0.15, 0.2) is 17.0 Å². The van der Waals surface area contributed by atoms with Gasteiger partial charge in [0.2, 0.25) is 5.91 Å². The third kappa shape index (κ3) is 4.24. The summed E-state index contributed by atoms with van der Waals surface area (Å²) >= 11 is 6.21. The normalized spacial score (nSPS) is 18.6. The van der Waals surface area contributed by atoms with Gasteiger partial charge in [0.25, 0.3) is 0 Å². The average Bonchev–Trinajstić information content (AvgIpc) is 3.02. The van der Waals surface area contributed by atoms with Crippen molar-refractivity contribution >= 4 is 40.2 Å². The van der Waals surface area contributed by atoms with E-state index >= 15 is 0 Å². The number of anilines is 2. The Bertz CT molecular complexity index is 1190. The lowest BCUT2D eigenvalue weighted by atomic mass is 9.97. The molecular formula is C24H29ClN6O2. The van der Waals surface area contributed by atoms with Crippen molar-refractivity contribution in [2.24, 2.45) is 5.92 Å². The van der Waals surface area contributed by atoms with E-state index in [2.05, 4.69) is 24.8 Å². The molecule has 1 saturated heterocycles. The zero-order valence-electron chi connectivity index (χ0n) is 19.1. The Morgan fingerprint density at radius 3 is 2.91 bits per heavy atom. The second kappa shape index (κ2) is 9.17. The summed E-state index contributed by atoms with van der Waals surface area (Å²) in [6, 6.07) is 3.59. The molecular weight excluding hydrogens is 440 g/mol. The Morgan fingerprint density at radius 1 is 1.18 bits per heavy atom. The minimum atomic E-state index is -0.162. The van der Waals surface area contributed by atoms with E-state index in [1.165, 1.54) is 6.42 Å². The van der Waals surface area contributed by atoms with E-state index in [0.717, 1.165) is 73.6 Å². The maximum atomic E-state index is 13.2. The van der Waals surface area contributed by atoms with Crippen molar-refractivity contribution < 1.29 is 9.53 Å². The molecule has 5 rings (SSSR count). The molecule has 1 fully saturated rings. The molecule has 1 aromatic carbocycles. The van der Waals surface area contributed by atoms with Crippen LogP contribution in [-0.4, -0.2) is 45.6 Å². The standard InChI is InChI=1S/C24H29ClN6O2/c1-15-11-18(19(33-2)12-17(15)25)28-24(32)16-7-6-9-30(13-16)22-21-23(27-14-26-22)31-10-5-3-4-8-20(31)29-21/h11-12,14,16H,3-10,13H2,1-2H3,(H,28,32). The van der Waals surface area contributed by atoms with Crippen LogP contribution in [0.15, 0.2) is 18.5 Å². The Morgan fingerprint density at radius 2 is 2.06 bits per heavy atom. The average molecular weight is 469 g/mol. The molecule has 0 aliphatic carbocycles. The van der Waals surface area contributed by atoms with Crippen molar-refractivity contribution in [2.75, 3.05) is 30.4 Å². The fourth-order valence-electron chi connectivity index (χ4n) is 4.90. The quantitative estimate of drug-likeness (QED) is 0.611. The summed E-state index contributed by atoms with van der Waals surface area (Å²) in [4.78, 5) is 29.5. The first-order chi connectivity index (χ1) is 16.0. The van der Waals surface area contributed by atoms with Gasteiger partial charge in [0.05, 0.1) is 18.7 Å². The molecule has 0 saturated carbocycles. The highest BCUT2D eigenvalue weighted by Crippen LogP contribution is 2.33. The van der Waals surface area contributed by atoms with Gasteiger partial charge in [-0.2, -0.15) is 0 Å². The van der Waals surface area contributed by atoms with Crippen molar-refractivity contribution in [3.8, 4) is 5.75 Å². The number of nitrogens with one attached hydrogen (secondary N) is 1. The van der Waals surface area contributed by atoms with Crippen molar-refractivity contribution in [1.29, 1.82) is 0 Å². The van der Waals surface area contributed by atoms with E-state index in [9.17, 15) is 4.79 Å². The molecule has 2 aromatic heterocycles. The number of hydrogen-bond acceptors (Lipinski definition) is 6. The van der Waals surface area contributed by atoms with Gasteiger partial charge in [-0.1, -0.05) is 18.0 Å². The number of benzene rings is 1. The molecule has 1 N–H and O–H groups in total. The van der Waals surface area contributed by atoms with Crippen LogP contribution in [0.4, 0.5) is 11.5 Å². The highest BCUT2D eigenvalue weighted by atomic mass is 35.5. The predicted molar refractivity (Wildman–Crippen MR) is 129 cm³/mol. The third-order valence-corrected chi connectivity index (χ3v) is 7.11. The van der Waals surface area contributed by atoms with Crippen LogP contribution in [-0.2, 0) is 17.8 Å². The van der Waals surface area contributed by atoms with Crippen molar-refractivity contribution in [3.63, 3.8) is 0 Å². The fourth-order valence-corrected chi connectivity index (χ4v) is 5.06. The maximum absolute atomic E-state index is 13.2. The summed E-state index contributed by atoms with van der Waals surface area (Å²) < 4.78 is 7.67. The van der Waals surface area contributed by atoms with Gasteiger partial charge in [-0.05, 0) is 44.2 Å². The largest absolute Gasteiger partial charge is 0.495 e. The summed E-state index contributed by atoms with van der Waals surface area (Å²) in [5.74, 6) is 2.30. The summed E-state index contributed by atoms with van der Waals surface area (Å²) in [6.45, 7) is 4.30. The lowest BCUT2D eigenvalue weighted by Gasteiger charge is -2.33. The van der Waals surface area contributed by atoms with Crippen LogP contribution in [0.1, 0.15) is 43.5 Å². The molecule has 174 valence electrons. The van der Waals surface area contributed by atoms with Crippen LogP contribution >= 0.6 is 11.6 Å². The molecule has 0 spiro atoms. The molecule has 2 aliphatic rings. The van der Waals surface area contributed by atoms with Crippen molar-refractivity contribution in [2.45, 2.75) is 52.0 Å². The number of methoxy groups -OCH3 is 1. The summed E-state index contributed by atoms with van der Waals surface area (Å²) in [5, 5.41) is 3.66. The number of aryl methyl sites for hydroxylation is 3.